The SMILES string of the molecule is CCOC(=O)/C=C/c1ccc2c(C3CCC3)c(C)c(OC)cc2c1. The van der Waals surface area contributed by atoms with Crippen LogP contribution in [0.5, 0.6) is 5.75 Å². The molecule has 0 amide bonds. The molecule has 1 saturated carbocycles. The van der Waals surface area contributed by atoms with Gasteiger partial charge < -0.3 is 9.47 Å². The summed E-state index contributed by atoms with van der Waals surface area (Å²) in [5.74, 6) is 1.27. The summed E-state index contributed by atoms with van der Waals surface area (Å²) < 4.78 is 10.5. The Morgan fingerprint density at radius 2 is 2.08 bits per heavy atom. The molecule has 24 heavy (non-hydrogen) atoms. The van der Waals surface area contributed by atoms with E-state index in [0.717, 1.165) is 16.7 Å². The maximum atomic E-state index is 11.5. The van der Waals surface area contributed by atoms with Gasteiger partial charge in [0.1, 0.15) is 5.75 Å². The Balaban J connectivity index is 2.03. The van der Waals surface area contributed by atoms with E-state index in [1.165, 1.54) is 41.9 Å². The van der Waals surface area contributed by atoms with Crippen molar-refractivity contribution in [1.82, 2.24) is 0 Å². The van der Waals surface area contributed by atoms with Crippen molar-refractivity contribution in [2.75, 3.05) is 13.7 Å². The van der Waals surface area contributed by atoms with Gasteiger partial charge in [0, 0.05) is 6.08 Å². The summed E-state index contributed by atoms with van der Waals surface area (Å²) in [5.41, 5.74) is 3.67. The topological polar surface area (TPSA) is 35.5 Å². The second-order valence-electron chi connectivity index (χ2n) is 6.31. The predicted molar refractivity (Wildman–Crippen MR) is 97.5 cm³/mol. The standard InChI is InChI=1S/C21H24O3/c1-4-24-20(22)11-9-15-8-10-18-17(12-15)13-19(23-3)14(2)21(18)16-6-5-7-16/h8-13,16H,4-7H2,1-3H3/b11-9+. The third-order valence-electron chi connectivity index (χ3n) is 4.86. The number of methoxy groups -OCH3 is 1. The molecule has 0 unspecified atom stereocenters. The maximum Gasteiger partial charge on any atom is 0.330 e. The molecule has 0 radical (unpaired) electrons. The van der Waals surface area contributed by atoms with Crippen LogP contribution >= 0.6 is 0 Å². The number of esters is 1. The number of carbonyl (C=O) groups is 1. The molecule has 3 heteroatoms. The summed E-state index contributed by atoms with van der Waals surface area (Å²) in [4.78, 5) is 11.5. The van der Waals surface area contributed by atoms with Crippen LogP contribution in [0.15, 0.2) is 30.3 Å². The highest BCUT2D eigenvalue weighted by molar-refractivity contribution is 5.92. The van der Waals surface area contributed by atoms with Gasteiger partial charge in [-0.15, -0.1) is 0 Å². The molecule has 0 saturated heterocycles. The lowest BCUT2D eigenvalue weighted by Gasteiger charge is -2.29. The monoisotopic (exact) mass is 324 g/mol. The van der Waals surface area contributed by atoms with Crippen molar-refractivity contribution >= 4 is 22.8 Å². The molecule has 126 valence electrons. The molecule has 2 aromatic carbocycles. The molecule has 0 heterocycles. The van der Waals surface area contributed by atoms with E-state index in [0.29, 0.717) is 12.5 Å². The summed E-state index contributed by atoms with van der Waals surface area (Å²) >= 11 is 0. The summed E-state index contributed by atoms with van der Waals surface area (Å²) in [6.07, 6.45) is 7.10. The highest BCUT2D eigenvalue weighted by Gasteiger charge is 2.24. The minimum Gasteiger partial charge on any atom is -0.496 e. The van der Waals surface area contributed by atoms with Crippen molar-refractivity contribution < 1.29 is 14.3 Å². The van der Waals surface area contributed by atoms with Crippen LogP contribution < -0.4 is 4.74 Å². The van der Waals surface area contributed by atoms with Crippen molar-refractivity contribution in [3.8, 4) is 5.75 Å². The minimum atomic E-state index is -0.311. The zero-order chi connectivity index (χ0) is 17.1. The smallest absolute Gasteiger partial charge is 0.330 e. The first-order valence-electron chi connectivity index (χ1n) is 8.60. The van der Waals surface area contributed by atoms with Crippen LogP contribution in [-0.4, -0.2) is 19.7 Å². The summed E-state index contributed by atoms with van der Waals surface area (Å²) in [7, 11) is 1.73. The van der Waals surface area contributed by atoms with Crippen LogP contribution in [0, 0.1) is 6.92 Å². The molecule has 1 aliphatic rings. The second-order valence-corrected chi connectivity index (χ2v) is 6.31. The Morgan fingerprint density at radius 1 is 1.29 bits per heavy atom. The van der Waals surface area contributed by atoms with E-state index >= 15 is 0 Å². The first-order valence-corrected chi connectivity index (χ1v) is 8.60. The zero-order valence-electron chi connectivity index (χ0n) is 14.6. The number of fused-ring (bicyclic) bond motifs is 1. The van der Waals surface area contributed by atoms with Crippen LogP contribution in [0.3, 0.4) is 0 Å². The van der Waals surface area contributed by atoms with Crippen molar-refractivity contribution in [3.05, 3.63) is 47.0 Å². The average molecular weight is 324 g/mol. The molecule has 3 nitrogen and oxygen atoms in total. The number of hydrogen-bond acceptors (Lipinski definition) is 3. The van der Waals surface area contributed by atoms with Gasteiger partial charge in [-0.3, -0.25) is 0 Å². The first-order chi connectivity index (χ1) is 11.6. The van der Waals surface area contributed by atoms with E-state index < -0.39 is 0 Å². The molecule has 3 rings (SSSR count). The van der Waals surface area contributed by atoms with Crippen LogP contribution in [0.4, 0.5) is 0 Å². The quantitative estimate of drug-likeness (QED) is 0.573. The van der Waals surface area contributed by atoms with E-state index in [1.807, 2.05) is 0 Å². The van der Waals surface area contributed by atoms with Crippen LogP contribution in [0.1, 0.15) is 48.8 Å². The van der Waals surface area contributed by atoms with Gasteiger partial charge in [-0.25, -0.2) is 4.79 Å². The summed E-state index contributed by atoms with van der Waals surface area (Å²) in [6, 6.07) is 8.43. The van der Waals surface area contributed by atoms with E-state index in [1.54, 1.807) is 20.1 Å². The lowest BCUT2D eigenvalue weighted by molar-refractivity contribution is -0.137. The lowest BCUT2D eigenvalue weighted by atomic mass is 9.76. The van der Waals surface area contributed by atoms with Gasteiger partial charge >= 0.3 is 5.97 Å². The van der Waals surface area contributed by atoms with Gasteiger partial charge in [-0.05, 0) is 78.3 Å². The molecule has 0 spiro atoms. The molecule has 0 aromatic heterocycles. The van der Waals surface area contributed by atoms with Crippen molar-refractivity contribution in [3.63, 3.8) is 0 Å². The van der Waals surface area contributed by atoms with E-state index in [2.05, 4.69) is 31.2 Å². The molecule has 0 aliphatic heterocycles. The number of carbonyl (C=O) groups excluding carboxylic acids is 1. The van der Waals surface area contributed by atoms with Crippen LogP contribution in [0.25, 0.3) is 16.8 Å². The molecular formula is C21H24O3. The number of rotatable bonds is 5. The Hall–Kier alpha value is -2.29. The van der Waals surface area contributed by atoms with E-state index in [4.69, 9.17) is 9.47 Å². The zero-order valence-corrected chi connectivity index (χ0v) is 14.6. The molecule has 1 fully saturated rings. The van der Waals surface area contributed by atoms with E-state index in [9.17, 15) is 4.79 Å². The Labute approximate surface area is 143 Å². The highest BCUT2D eigenvalue weighted by Crippen LogP contribution is 2.44. The molecular weight excluding hydrogens is 300 g/mol. The fourth-order valence-corrected chi connectivity index (χ4v) is 3.42. The van der Waals surface area contributed by atoms with Crippen molar-refractivity contribution in [2.24, 2.45) is 0 Å². The third-order valence-corrected chi connectivity index (χ3v) is 4.86. The van der Waals surface area contributed by atoms with Crippen LogP contribution in [0.2, 0.25) is 0 Å². The van der Waals surface area contributed by atoms with Gasteiger partial charge in [0.05, 0.1) is 13.7 Å². The van der Waals surface area contributed by atoms with E-state index in [-0.39, 0.29) is 5.97 Å². The molecule has 0 atom stereocenters. The second kappa shape index (κ2) is 7.08. The Bertz CT molecular complexity index is 785. The van der Waals surface area contributed by atoms with Crippen molar-refractivity contribution in [1.29, 1.82) is 0 Å². The summed E-state index contributed by atoms with van der Waals surface area (Å²) in [6.45, 7) is 4.35. The number of hydrogen-bond donors (Lipinski definition) is 0. The van der Waals surface area contributed by atoms with Crippen molar-refractivity contribution in [2.45, 2.75) is 39.0 Å². The van der Waals surface area contributed by atoms with Gasteiger partial charge in [-0.2, -0.15) is 0 Å². The first kappa shape index (κ1) is 16.6. The Morgan fingerprint density at radius 3 is 2.71 bits per heavy atom. The fraction of sp³-hybridized carbons (Fsp3) is 0.381. The van der Waals surface area contributed by atoms with Gasteiger partial charge in [0.15, 0.2) is 0 Å². The lowest BCUT2D eigenvalue weighted by Crippen LogP contribution is -2.11. The van der Waals surface area contributed by atoms with Gasteiger partial charge in [-0.1, -0.05) is 18.6 Å². The van der Waals surface area contributed by atoms with Crippen LogP contribution in [-0.2, 0) is 9.53 Å². The minimum absolute atomic E-state index is 0.311. The highest BCUT2D eigenvalue weighted by atomic mass is 16.5. The molecule has 0 N–H and O–H groups in total. The third kappa shape index (κ3) is 3.16. The largest absolute Gasteiger partial charge is 0.496 e. The molecule has 2 aromatic rings. The maximum absolute atomic E-state index is 11.5. The fourth-order valence-electron chi connectivity index (χ4n) is 3.42. The predicted octanol–water partition coefficient (Wildman–Crippen LogP) is 5.00. The number of ether oxygens (including phenoxy) is 2. The molecule has 1 aliphatic carbocycles. The average Bonchev–Trinajstić information content (AvgIpc) is 2.53. The summed E-state index contributed by atoms with van der Waals surface area (Å²) in [5, 5.41) is 2.46. The van der Waals surface area contributed by atoms with Gasteiger partial charge in [0.25, 0.3) is 0 Å². The number of benzene rings is 2. The Kier molecular flexibility index (Phi) is 4.89. The van der Waals surface area contributed by atoms with Gasteiger partial charge in [0.2, 0.25) is 0 Å². The normalized spacial score (nSPS) is 14.8. The molecule has 0 bridgehead atoms.